The summed E-state index contributed by atoms with van der Waals surface area (Å²) in [5, 5.41) is 10.8. The Morgan fingerprint density at radius 1 is 1.10 bits per heavy atom. The highest BCUT2D eigenvalue weighted by Crippen LogP contribution is 2.31. The number of pyridine rings is 1. The first kappa shape index (κ1) is 23.9. The van der Waals surface area contributed by atoms with Crippen molar-refractivity contribution in [3.05, 3.63) is 36.4 Å². The summed E-state index contributed by atoms with van der Waals surface area (Å²) in [4.78, 5) is 28.1. The monoisotopic (exact) mass is 427 g/mol. The predicted octanol–water partition coefficient (Wildman–Crippen LogP) is 3.04. The van der Waals surface area contributed by atoms with Crippen LogP contribution in [0.5, 0.6) is 5.75 Å². The number of anilines is 2. The van der Waals surface area contributed by atoms with Gasteiger partial charge in [-0.15, -0.1) is 10.2 Å². The summed E-state index contributed by atoms with van der Waals surface area (Å²) in [6.45, 7) is 3.98. The number of rotatable bonds is 10. The number of nitrogen functional groups attached to an aromatic ring is 1. The smallest absolute Gasteiger partial charge is 0.314 e. The van der Waals surface area contributed by atoms with Gasteiger partial charge in [0.05, 0.1) is 12.0 Å². The lowest BCUT2D eigenvalue weighted by atomic mass is 10.0. The molecule has 1 amide bonds. The summed E-state index contributed by atoms with van der Waals surface area (Å²) >= 11 is 0. The van der Waals surface area contributed by atoms with Gasteiger partial charge in [0, 0.05) is 0 Å². The number of nitrogens with one attached hydrogen (secondary N) is 1. The van der Waals surface area contributed by atoms with E-state index in [1.54, 1.807) is 43.3 Å². The van der Waals surface area contributed by atoms with Crippen LogP contribution in [0.2, 0.25) is 0 Å². The average Bonchev–Trinajstić information content (AvgIpc) is 2.74. The Bertz CT molecular complexity index is 931. The molecule has 0 aliphatic rings. The number of amides is 1. The highest BCUT2D eigenvalue weighted by atomic mass is 16.5. The van der Waals surface area contributed by atoms with Crippen LogP contribution < -0.4 is 27.3 Å². The molecule has 1 aromatic heterocycles. The SMILES string of the molecule is C[C@H](N)C(=O)Nc1ccc(/N=N/c2ccccc2OC(=O)[C@@H](C)CCCCN)c(N)n1. The van der Waals surface area contributed by atoms with Crippen molar-refractivity contribution in [2.75, 3.05) is 17.6 Å². The van der Waals surface area contributed by atoms with E-state index in [0.29, 0.717) is 30.1 Å². The van der Waals surface area contributed by atoms with Gasteiger partial charge in [0.25, 0.3) is 0 Å². The molecule has 2 rings (SSSR count). The zero-order chi connectivity index (χ0) is 22.8. The Balaban J connectivity index is 2.10. The standard InChI is InChI=1S/C21H29N7O3/c1-13(7-5-6-12-22)21(30)31-17-9-4-3-8-15(17)27-28-16-10-11-18(25-19(16)24)26-20(29)14(2)23/h3-4,8-11,13-14H,5-7,12,22-23H2,1-2H3,(H3,24,25,26,29)/b28-27+/t13-,14-/m0/s1. The molecule has 0 bridgehead atoms. The van der Waals surface area contributed by atoms with Crippen molar-refractivity contribution in [2.24, 2.45) is 27.6 Å². The minimum absolute atomic E-state index is 0.0780. The maximum atomic E-state index is 12.4. The van der Waals surface area contributed by atoms with Crippen LogP contribution in [-0.4, -0.2) is 29.4 Å². The van der Waals surface area contributed by atoms with Crippen molar-refractivity contribution < 1.29 is 14.3 Å². The molecule has 166 valence electrons. The molecular formula is C21H29N7O3. The minimum atomic E-state index is -0.676. The number of hydrogen-bond acceptors (Lipinski definition) is 9. The molecule has 1 aromatic carbocycles. The summed E-state index contributed by atoms with van der Waals surface area (Å²) < 4.78 is 5.51. The van der Waals surface area contributed by atoms with E-state index >= 15 is 0 Å². The van der Waals surface area contributed by atoms with Gasteiger partial charge in [-0.25, -0.2) is 4.98 Å². The quantitative estimate of drug-likeness (QED) is 0.195. The fourth-order valence-corrected chi connectivity index (χ4v) is 2.52. The first-order valence-corrected chi connectivity index (χ1v) is 10.1. The first-order valence-electron chi connectivity index (χ1n) is 10.1. The van der Waals surface area contributed by atoms with Gasteiger partial charge < -0.3 is 27.3 Å². The Kier molecular flexibility index (Phi) is 9.04. The van der Waals surface area contributed by atoms with Gasteiger partial charge in [0.1, 0.15) is 17.2 Å². The number of aromatic nitrogens is 1. The second-order valence-electron chi connectivity index (χ2n) is 7.15. The number of unbranched alkanes of at least 4 members (excludes halogenated alkanes) is 1. The molecule has 0 unspecified atom stereocenters. The fraction of sp³-hybridized carbons (Fsp3) is 0.381. The third-order valence-corrected chi connectivity index (χ3v) is 4.40. The molecule has 31 heavy (non-hydrogen) atoms. The maximum Gasteiger partial charge on any atom is 0.314 e. The van der Waals surface area contributed by atoms with Crippen LogP contribution in [0.15, 0.2) is 46.6 Å². The zero-order valence-corrected chi connectivity index (χ0v) is 17.7. The highest BCUT2D eigenvalue weighted by Gasteiger charge is 2.17. The van der Waals surface area contributed by atoms with Crippen molar-refractivity contribution in [2.45, 2.75) is 39.2 Å². The lowest BCUT2D eigenvalue weighted by Gasteiger charge is -2.12. The first-order chi connectivity index (χ1) is 14.8. The van der Waals surface area contributed by atoms with Gasteiger partial charge in [-0.1, -0.05) is 25.5 Å². The number of carbonyl (C=O) groups is 2. The van der Waals surface area contributed by atoms with Crippen LogP contribution in [0.4, 0.5) is 23.0 Å². The number of carbonyl (C=O) groups excluding carboxylic acids is 2. The van der Waals surface area contributed by atoms with Gasteiger partial charge >= 0.3 is 5.97 Å². The van der Waals surface area contributed by atoms with E-state index in [9.17, 15) is 9.59 Å². The van der Waals surface area contributed by atoms with Gasteiger partial charge in [0.15, 0.2) is 11.6 Å². The summed E-state index contributed by atoms with van der Waals surface area (Å²) in [7, 11) is 0. The summed E-state index contributed by atoms with van der Waals surface area (Å²) in [5.74, 6) is -0.333. The molecule has 0 spiro atoms. The number of azo groups is 1. The lowest BCUT2D eigenvalue weighted by molar-refractivity contribution is -0.138. The molecule has 0 saturated heterocycles. The van der Waals surface area contributed by atoms with Crippen LogP contribution in [0, 0.1) is 5.92 Å². The molecule has 1 heterocycles. The number of esters is 1. The number of nitrogens with two attached hydrogens (primary N) is 3. The molecule has 0 aliphatic carbocycles. The second-order valence-corrected chi connectivity index (χ2v) is 7.15. The van der Waals surface area contributed by atoms with Crippen molar-refractivity contribution >= 4 is 34.9 Å². The maximum absolute atomic E-state index is 12.4. The van der Waals surface area contributed by atoms with Crippen LogP contribution in [0.3, 0.4) is 0 Å². The van der Waals surface area contributed by atoms with E-state index in [1.165, 1.54) is 0 Å². The van der Waals surface area contributed by atoms with Gasteiger partial charge in [-0.3, -0.25) is 9.59 Å². The highest BCUT2D eigenvalue weighted by molar-refractivity contribution is 5.93. The Morgan fingerprint density at radius 3 is 2.48 bits per heavy atom. The molecule has 7 N–H and O–H groups in total. The van der Waals surface area contributed by atoms with Crippen LogP contribution in [0.1, 0.15) is 33.1 Å². The van der Waals surface area contributed by atoms with E-state index in [0.717, 1.165) is 12.8 Å². The van der Waals surface area contributed by atoms with Crippen LogP contribution >= 0.6 is 0 Å². The van der Waals surface area contributed by atoms with E-state index < -0.39 is 6.04 Å². The Hall–Kier alpha value is -3.37. The molecule has 0 fully saturated rings. The number of ether oxygens (including phenoxy) is 1. The second kappa shape index (κ2) is 11.7. The van der Waals surface area contributed by atoms with Crippen LogP contribution in [0.25, 0.3) is 0 Å². The fourth-order valence-electron chi connectivity index (χ4n) is 2.52. The lowest BCUT2D eigenvalue weighted by Crippen LogP contribution is -2.32. The zero-order valence-electron chi connectivity index (χ0n) is 17.7. The summed E-state index contributed by atoms with van der Waals surface area (Å²) in [6.07, 6.45) is 2.43. The third kappa shape index (κ3) is 7.43. The number of para-hydroxylation sites is 1. The topological polar surface area (TPSA) is 171 Å². The number of nitrogens with zero attached hydrogens (tertiary/aromatic N) is 3. The Morgan fingerprint density at radius 2 is 1.81 bits per heavy atom. The molecule has 2 atom stereocenters. The molecule has 10 nitrogen and oxygen atoms in total. The largest absolute Gasteiger partial charge is 0.424 e. The van der Waals surface area contributed by atoms with E-state index in [2.05, 4.69) is 20.5 Å². The number of benzene rings is 1. The predicted molar refractivity (Wildman–Crippen MR) is 119 cm³/mol. The minimum Gasteiger partial charge on any atom is -0.424 e. The van der Waals surface area contributed by atoms with Gasteiger partial charge in [0.2, 0.25) is 5.91 Å². The number of hydrogen-bond donors (Lipinski definition) is 4. The van der Waals surface area contributed by atoms with Crippen molar-refractivity contribution in [1.29, 1.82) is 0 Å². The molecule has 2 aromatic rings. The van der Waals surface area contributed by atoms with E-state index in [-0.39, 0.29) is 29.4 Å². The van der Waals surface area contributed by atoms with Crippen LogP contribution in [-0.2, 0) is 9.59 Å². The molecular weight excluding hydrogens is 398 g/mol. The van der Waals surface area contributed by atoms with E-state index in [1.807, 2.05) is 6.92 Å². The van der Waals surface area contributed by atoms with Crippen molar-refractivity contribution in [1.82, 2.24) is 4.98 Å². The normalized spacial score (nSPS) is 13.0. The van der Waals surface area contributed by atoms with Gasteiger partial charge in [-0.2, -0.15) is 0 Å². The van der Waals surface area contributed by atoms with E-state index in [4.69, 9.17) is 21.9 Å². The summed E-state index contributed by atoms with van der Waals surface area (Å²) in [6, 6.07) is 9.25. The molecule has 0 saturated carbocycles. The molecule has 0 aliphatic heterocycles. The van der Waals surface area contributed by atoms with Crippen molar-refractivity contribution in [3.8, 4) is 5.75 Å². The Labute approximate surface area is 181 Å². The molecule has 10 heteroatoms. The summed E-state index contributed by atoms with van der Waals surface area (Å²) in [5.41, 5.74) is 17.6. The van der Waals surface area contributed by atoms with Crippen molar-refractivity contribution in [3.63, 3.8) is 0 Å². The van der Waals surface area contributed by atoms with Gasteiger partial charge in [-0.05, 0) is 50.6 Å². The third-order valence-electron chi connectivity index (χ3n) is 4.40. The molecule has 0 radical (unpaired) electrons. The average molecular weight is 428 g/mol.